The molecule has 0 aliphatic carbocycles. The number of nitrogens with one attached hydrogen (secondary N) is 1. The summed E-state index contributed by atoms with van der Waals surface area (Å²) in [5.74, 6) is 1.01. The number of amides is 1. The van der Waals surface area contributed by atoms with Gasteiger partial charge in [-0.2, -0.15) is 0 Å². The molecule has 1 amide bonds. The molecule has 7 heteroatoms. The van der Waals surface area contributed by atoms with E-state index in [2.05, 4.69) is 22.0 Å². The number of piperidine rings is 1. The summed E-state index contributed by atoms with van der Waals surface area (Å²) in [5.41, 5.74) is 4.99. The fraction of sp³-hybridized carbons (Fsp3) is 0.412. The molecule has 1 saturated heterocycles. The summed E-state index contributed by atoms with van der Waals surface area (Å²) < 4.78 is 8.18. The maximum absolute atomic E-state index is 12.6. The lowest BCUT2D eigenvalue weighted by Gasteiger charge is -2.32. The van der Waals surface area contributed by atoms with Crippen LogP contribution in [0.3, 0.4) is 0 Å². The number of para-hydroxylation sites is 3. The molecule has 1 aromatic heterocycles. The van der Waals surface area contributed by atoms with Crippen LogP contribution in [0.15, 0.2) is 77.6 Å². The van der Waals surface area contributed by atoms with Gasteiger partial charge in [0.05, 0.1) is 17.6 Å². The van der Waals surface area contributed by atoms with Crippen LogP contribution in [0.4, 0.5) is 0 Å². The van der Waals surface area contributed by atoms with Crippen LogP contribution in [0.25, 0.3) is 11.0 Å². The quantitative estimate of drug-likeness (QED) is 0.222. The molecule has 41 heavy (non-hydrogen) atoms. The van der Waals surface area contributed by atoms with Crippen LogP contribution in [0.1, 0.15) is 67.1 Å². The number of aromatic amines is 1. The third-order valence-electron chi connectivity index (χ3n) is 8.29. The lowest BCUT2D eigenvalue weighted by atomic mass is 10.0. The number of aromatic nitrogens is 2. The van der Waals surface area contributed by atoms with Gasteiger partial charge in [0.15, 0.2) is 0 Å². The van der Waals surface area contributed by atoms with Gasteiger partial charge in [0.1, 0.15) is 5.75 Å². The number of imidazole rings is 1. The van der Waals surface area contributed by atoms with Crippen molar-refractivity contribution in [1.82, 2.24) is 19.4 Å². The van der Waals surface area contributed by atoms with Crippen molar-refractivity contribution in [3.05, 3.63) is 100.0 Å². The minimum Gasteiger partial charge on any atom is -0.493 e. The van der Waals surface area contributed by atoms with E-state index in [1.165, 1.54) is 0 Å². The zero-order valence-electron chi connectivity index (χ0n) is 24.4. The number of carbonyl (C=O) groups excluding carboxylic acids is 1. The van der Waals surface area contributed by atoms with Crippen LogP contribution in [-0.4, -0.2) is 64.6 Å². The summed E-state index contributed by atoms with van der Waals surface area (Å²) in [6, 6.07) is 24.4. The average Bonchev–Trinajstić information content (AvgIpc) is 3.34. The van der Waals surface area contributed by atoms with E-state index in [-0.39, 0.29) is 17.6 Å². The Morgan fingerprint density at radius 1 is 0.927 bits per heavy atom. The Hall–Kier alpha value is -3.84. The molecule has 0 atom stereocenters. The molecule has 1 N–H and O–H groups in total. The lowest BCUT2D eigenvalue weighted by molar-refractivity contribution is 0.0773. The van der Waals surface area contributed by atoms with Crippen LogP contribution >= 0.6 is 0 Å². The van der Waals surface area contributed by atoms with Crippen molar-refractivity contribution in [1.29, 1.82) is 0 Å². The molecule has 216 valence electrons. The van der Waals surface area contributed by atoms with E-state index >= 15 is 0 Å². The number of nitrogens with zero attached hydrogens (tertiary/aromatic N) is 3. The molecular formula is C34H42N4O3. The molecule has 2 heterocycles. The second-order valence-electron chi connectivity index (χ2n) is 10.9. The summed E-state index contributed by atoms with van der Waals surface area (Å²) in [6.07, 6.45) is 4.84. The predicted molar refractivity (Wildman–Crippen MR) is 165 cm³/mol. The Morgan fingerprint density at radius 3 is 2.39 bits per heavy atom. The number of likely N-dealkylation sites (tertiary alicyclic amines) is 1. The van der Waals surface area contributed by atoms with E-state index in [9.17, 15) is 9.59 Å². The number of unbranched alkanes of at least 4 members (excludes halogenated alkanes) is 1. The largest absolute Gasteiger partial charge is 0.493 e. The van der Waals surface area contributed by atoms with Crippen molar-refractivity contribution in [2.24, 2.45) is 0 Å². The van der Waals surface area contributed by atoms with Crippen LogP contribution < -0.4 is 10.4 Å². The van der Waals surface area contributed by atoms with E-state index in [0.717, 1.165) is 85.2 Å². The molecular weight excluding hydrogens is 512 g/mol. The third-order valence-corrected chi connectivity index (χ3v) is 8.29. The lowest BCUT2D eigenvalue weighted by Crippen LogP contribution is -2.37. The smallest absolute Gasteiger partial charge is 0.326 e. The number of H-pyrrole nitrogens is 1. The van der Waals surface area contributed by atoms with Crippen molar-refractivity contribution >= 4 is 16.9 Å². The van der Waals surface area contributed by atoms with Gasteiger partial charge in [-0.05, 0) is 87.5 Å². The summed E-state index contributed by atoms with van der Waals surface area (Å²) in [6.45, 7) is 9.22. The molecule has 1 aliphatic heterocycles. The van der Waals surface area contributed by atoms with Gasteiger partial charge >= 0.3 is 5.69 Å². The Kier molecular flexibility index (Phi) is 9.57. The Bertz CT molecular complexity index is 1480. The molecule has 0 spiro atoms. The van der Waals surface area contributed by atoms with Crippen molar-refractivity contribution in [3.63, 3.8) is 0 Å². The Labute approximate surface area is 242 Å². The van der Waals surface area contributed by atoms with Crippen molar-refractivity contribution in [3.8, 4) is 5.75 Å². The zero-order chi connectivity index (χ0) is 28.6. The Morgan fingerprint density at radius 2 is 1.63 bits per heavy atom. The van der Waals surface area contributed by atoms with Gasteiger partial charge in [0.25, 0.3) is 5.91 Å². The standard InChI is InChI=1S/C34H42N4O3/c1-3-37(4-2)33(39)27-17-15-26(16-18-27)25-28-11-5-8-14-32(28)41-24-10-9-21-36-22-19-29(20-23-36)38-31-13-7-6-12-30(31)35-34(38)40/h5-8,11-18,29H,3-4,9-10,19-25H2,1-2H3,(H,35,40). The molecule has 5 rings (SSSR count). The number of benzene rings is 3. The normalized spacial score (nSPS) is 14.4. The van der Waals surface area contributed by atoms with Crippen molar-refractivity contribution < 1.29 is 9.53 Å². The fourth-order valence-electron chi connectivity index (χ4n) is 5.93. The maximum atomic E-state index is 12.6. The van der Waals surface area contributed by atoms with Gasteiger partial charge in [-0.1, -0.05) is 42.5 Å². The summed E-state index contributed by atoms with van der Waals surface area (Å²) in [5, 5.41) is 0. The highest BCUT2D eigenvalue weighted by Crippen LogP contribution is 2.25. The van der Waals surface area contributed by atoms with E-state index < -0.39 is 0 Å². The highest BCUT2D eigenvalue weighted by Gasteiger charge is 2.23. The zero-order valence-corrected chi connectivity index (χ0v) is 24.4. The first-order chi connectivity index (χ1) is 20.1. The molecule has 0 bridgehead atoms. The van der Waals surface area contributed by atoms with Gasteiger partial charge in [-0.25, -0.2) is 4.79 Å². The van der Waals surface area contributed by atoms with Crippen LogP contribution in [-0.2, 0) is 6.42 Å². The second-order valence-corrected chi connectivity index (χ2v) is 10.9. The predicted octanol–water partition coefficient (Wildman–Crippen LogP) is 5.90. The molecule has 1 aliphatic rings. The van der Waals surface area contributed by atoms with E-state index in [1.54, 1.807) is 0 Å². The first kappa shape index (κ1) is 28.7. The molecule has 0 saturated carbocycles. The minimum absolute atomic E-state index is 0.00415. The summed E-state index contributed by atoms with van der Waals surface area (Å²) in [4.78, 5) is 32.5. The molecule has 0 unspecified atom stereocenters. The topological polar surface area (TPSA) is 70.6 Å². The third kappa shape index (κ3) is 6.91. The van der Waals surface area contributed by atoms with Crippen LogP contribution in [0.2, 0.25) is 0 Å². The van der Waals surface area contributed by atoms with Crippen molar-refractivity contribution in [2.75, 3.05) is 39.3 Å². The first-order valence-corrected chi connectivity index (χ1v) is 15.1. The van der Waals surface area contributed by atoms with E-state index in [0.29, 0.717) is 19.7 Å². The maximum Gasteiger partial charge on any atom is 0.326 e. The van der Waals surface area contributed by atoms with Gasteiger partial charge in [0, 0.05) is 44.2 Å². The average molecular weight is 555 g/mol. The molecule has 7 nitrogen and oxygen atoms in total. The van der Waals surface area contributed by atoms with Gasteiger partial charge in [0.2, 0.25) is 0 Å². The monoisotopic (exact) mass is 554 g/mol. The van der Waals surface area contributed by atoms with Gasteiger partial charge < -0.3 is 19.5 Å². The molecule has 4 aromatic rings. The number of carbonyl (C=O) groups is 1. The van der Waals surface area contributed by atoms with Crippen molar-refractivity contribution in [2.45, 2.75) is 52.0 Å². The first-order valence-electron chi connectivity index (χ1n) is 15.1. The van der Waals surface area contributed by atoms with Crippen LogP contribution in [0.5, 0.6) is 5.75 Å². The number of ether oxygens (including phenoxy) is 1. The highest BCUT2D eigenvalue weighted by atomic mass is 16.5. The minimum atomic E-state index is 0.00415. The SMILES string of the molecule is CCN(CC)C(=O)c1ccc(Cc2ccccc2OCCCCN2CCC(n3c(=O)[nH]c4ccccc43)CC2)cc1. The highest BCUT2D eigenvalue weighted by molar-refractivity contribution is 5.94. The number of hydrogen-bond donors (Lipinski definition) is 1. The number of fused-ring (bicyclic) bond motifs is 1. The second kappa shape index (κ2) is 13.7. The molecule has 1 fully saturated rings. The van der Waals surface area contributed by atoms with Gasteiger partial charge in [-0.3, -0.25) is 9.36 Å². The molecule has 0 radical (unpaired) electrons. The summed E-state index contributed by atoms with van der Waals surface area (Å²) >= 11 is 0. The summed E-state index contributed by atoms with van der Waals surface area (Å²) in [7, 11) is 0. The molecule has 3 aromatic carbocycles. The van der Waals surface area contributed by atoms with Crippen LogP contribution in [0, 0.1) is 0 Å². The van der Waals surface area contributed by atoms with Gasteiger partial charge in [-0.15, -0.1) is 0 Å². The number of hydrogen-bond acceptors (Lipinski definition) is 4. The van der Waals surface area contributed by atoms with E-state index in [1.807, 2.05) is 84.0 Å². The van der Waals surface area contributed by atoms with E-state index in [4.69, 9.17) is 4.74 Å². The Balaban J connectivity index is 1.06. The fourth-order valence-corrected chi connectivity index (χ4v) is 5.93. The number of rotatable bonds is 12.